The van der Waals surface area contributed by atoms with Crippen molar-refractivity contribution in [2.75, 3.05) is 0 Å². The zero-order chi connectivity index (χ0) is 15.9. The number of carbonyl (C=O) groups is 1. The number of nitrogens with one attached hydrogen (secondary N) is 1. The molecule has 1 aliphatic carbocycles. The Kier molecular flexibility index (Phi) is 3.67. The van der Waals surface area contributed by atoms with E-state index in [0.29, 0.717) is 17.3 Å². The smallest absolute Gasteiger partial charge is 0.351 e. The first-order valence-electron chi connectivity index (χ1n) is 6.62. The maximum atomic E-state index is 12.4. The number of alkyl halides is 3. The zero-order valence-corrected chi connectivity index (χ0v) is 12.3. The molecule has 1 saturated carbocycles. The van der Waals surface area contributed by atoms with Crippen LogP contribution in [0.15, 0.2) is 16.7 Å². The Bertz CT molecular complexity index is 695. The van der Waals surface area contributed by atoms with E-state index in [1.807, 2.05) is 6.92 Å². The van der Waals surface area contributed by atoms with E-state index in [1.165, 1.54) is 11.3 Å². The first-order valence-corrected chi connectivity index (χ1v) is 7.44. The summed E-state index contributed by atoms with van der Waals surface area (Å²) in [5.74, 6) is -0.939. The van der Waals surface area contributed by atoms with Crippen LogP contribution in [-0.4, -0.2) is 16.0 Å². The van der Waals surface area contributed by atoms with Gasteiger partial charge in [0.2, 0.25) is 11.7 Å². The first kappa shape index (κ1) is 15.0. The van der Waals surface area contributed by atoms with Crippen molar-refractivity contribution in [2.45, 2.75) is 26.1 Å². The van der Waals surface area contributed by atoms with Crippen molar-refractivity contribution < 1.29 is 22.5 Å². The van der Waals surface area contributed by atoms with Gasteiger partial charge in [-0.1, -0.05) is 12.1 Å². The molecule has 2 aromatic heterocycles. The molecule has 118 valence electrons. The van der Waals surface area contributed by atoms with Crippen molar-refractivity contribution in [1.82, 2.24) is 15.5 Å². The Balaban J connectivity index is 1.63. The summed E-state index contributed by atoms with van der Waals surface area (Å²) in [6.45, 7) is 2.36. The second-order valence-electron chi connectivity index (χ2n) is 5.22. The van der Waals surface area contributed by atoms with E-state index in [9.17, 15) is 18.0 Å². The third kappa shape index (κ3) is 3.13. The average Bonchev–Trinajstić information content (AvgIpc) is 2.89. The van der Waals surface area contributed by atoms with Gasteiger partial charge in [-0.2, -0.15) is 18.2 Å². The van der Waals surface area contributed by atoms with Crippen LogP contribution < -0.4 is 5.32 Å². The van der Waals surface area contributed by atoms with Crippen LogP contribution in [0.3, 0.4) is 0 Å². The SMILES string of the molecule is CC1CC1C(=O)NCc1ccc(-c2noc(C(F)(F)F)n2)s1. The molecule has 0 radical (unpaired) electrons. The van der Waals surface area contributed by atoms with Crippen molar-refractivity contribution in [1.29, 1.82) is 0 Å². The number of rotatable bonds is 4. The van der Waals surface area contributed by atoms with Gasteiger partial charge in [0.25, 0.3) is 0 Å². The van der Waals surface area contributed by atoms with Gasteiger partial charge in [-0.25, -0.2) is 0 Å². The number of amides is 1. The lowest BCUT2D eigenvalue weighted by atomic mass is 10.3. The highest BCUT2D eigenvalue weighted by molar-refractivity contribution is 7.15. The highest BCUT2D eigenvalue weighted by Gasteiger charge is 2.39. The number of carbonyl (C=O) groups excluding carboxylic acids is 1. The van der Waals surface area contributed by atoms with Gasteiger partial charge in [-0.15, -0.1) is 11.3 Å². The summed E-state index contributed by atoms with van der Waals surface area (Å²) in [6, 6.07) is 3.33. The molecule has 1 aliphatic rings. The lowest BCUT2D eigenvalue weighted by Crippen LogP contribution is -2.24. The van der Waals surface area contributed by atoms with Crippen LogP contribution in [0.2, 0.25) is 0 Å². The Morgan fingerprint density at radius 2 is 2.23 bits per heavy atom. The summed E-state index contributed by atoms with van der Waals surface area (Å²) in [7, 11) is 0. The van der Waals surface area contributed by atoms with Gasteiger partial charge in [-0.05, 0) is 24.5 Å². The van der Waals surface area contributed by atoms with Crippen molar-refractivity contribution in [3.8, 4) is 10.7 Å². The highest BCUT2D eigenvalue weighted by atomic mass is 32.1. The van der Waals surface area contributed by atoms with Gasteiger partial charge in [0.05, 0.1) is 11.4 Å². The molecule has 0 spiro atoms. The van der Waals surface area contributed by atoms with Crippen molar-refractivity contribution in [3.63, 3.8) is 0 Å². The van der Waals surface area contributed by atoms with Crippen LogP contribution in [0.1, 0.15) is 24.1 Å². The summed E-state index contributed by atoms with van der Waals surface area (Å²) in [4.78, 5) is 16.3. The molecule has 5 nitrogen and oxygen atoms in total. The second-order valence-corrected chi connectivity index (χ2v) is 6.39. The van der Waals surface area contributed by atoms with Gasteiger partial charge in [0.1, 0.15) is 0 Å². The molecular weight excluding hydrogens is 319 g/mol. The van der Waals surface area contributed by atoms with E-state index in [-0.39, 0.29) is 17.6 Å². The zero-order valence-electron chi connectivity index (χ0n) is 11.5. The predicted molar refractivity (Wildman–Crippen MR) is 71.7 cm³/mol. The minimum Gasteiger partial charge on any atom is -0.351 e. The predicted octanol–water partition coefficient (Wildman–Crippen LogP) is 3.09. The summed E-state index contributed by atoms with van der Waals surface area (Å²) in [5, 5.41) is 6.14. The molecule has 9 heteroatoms. The van der Waals surface area contributed by atoms with Crippen molar-refractivity contribution in [2.24, 2.45) is 11.8 Å². The summed E-state index contributed by atoms with van der Waals surface area (Å²) in [6.07, 6.45) is -3.75. The molecule has 0 aliphatic heterocycles. The average molecular weight is 331 g/mol. The molecular formula is C13H12F3N3O2S. The lowest BCUT2D eigenvalue weighted by Gasteiger charge is -2.01. The molecule has 2 unspecified atom stereocenters. The maximum absolute atomic E-state index is 12.4. The summed E-state index contributed by atoms with van der Waals surface area (Å²) in [5.41, 5.74) is 0. The maximum Gasteiger partial charge on any atom is 0.471 e. The molecule has 2 heterocycles. The number of thiophene rings is 1. The highest BCUT2D eigenvalue weighted by Crippen LogP contribution is 2.38. The molecule has 0 bridgehead atoms. The molecule has 1 amide bonds. The molecule has 22 heavy (non-hydrogen) atoms. The monoisotopic (exact) mass is 331 g/mol. The summed E-state index contributed by atoms with van der Waals surface area (Å²) >= 11 is 1.22. The molecule has 2 aromatic rings. The molecule has 2 atom stereocenters. The number of hydrogen-bond donors (Lipinski definition) is 1. The van der Waals surface area contributed by atoms with Gasteiger partial charge in [0.15, 0.2) is 0 Å². The fourth-order valence-corrected chi connectivity index (χ4v) is 2.90. The van der Waals surface area contributed by atoms with Crippen LogP contribution in [0, 0.1) is 11.8 Å². The van der Waals surface area contributed by atoms with Crippen LogP contribution in [-0.2, 0) is 17.5 Å². The van der Waals surface area contributed by atoms with Crippen LogP contribution >= 0.6 is 11.3 Å². The normalized spacial score (nSPS) is 20.9. The van der Waals surface area contributed by atoms with Crippen LogP contribution in [0.25, 0.3) is 10.7 Å². The molecule has 0 aromatic carbocycles. The van der Waals surface area contributed by atoms with E-state index in [1.54, 1.807) is 12.1 Å². The fraction of sp³-hybridized carbons (Fsp3) is 0.462. The van der Waals surface area contributed by atoms with E-state index < -0.39 is 12.1 Å². The number of halogens is 3. The van der Waals surface area contributed by atoms with Crippen LogP contribution in [0.4, 0.5) is 13.2 Å². The fourth-order valence-electron chi connectivity index (χ4n) is 2.02. The van der Waals surface area contributed by atoms with E-state index in [2.05, 4.69) is 20.0 Å². The molecule has 1 fully saturated rings. The van der Waals surface area contributed by atoms with E-state index in [4.69, 9.17) is 0 Å². The van der Waals surface area contributed by atoms with Gasteiger partial charge >= 0.3 is 12.1 Å². The third-order valence-electron chi connectivity index (χ3n) is 3.43. The van der Waals surface area contributed by atoms with E-state index >= 15 is 0 Å². The third-order valence-corrected chi connectivity index (χ3v) is 4.51. The molecule has 1 N–H and O–H groups in total. The Morgan fingerprint density at radius 1 is 1.50 bits per heavy atom. The second kappa shape index (κ2) is 5.38. The Labute approximate surface area is 127 Å². The standard InChI is InChI=1S/C13H12F3N3O2S/c1-6-4-8(6)11(20)17-5-7-2-3-9(22-7)10-18-12(21-19-10)13(14,15)16/h2-3,6,8H,4-5H2,1H3,(H,17,20). The minimum atomic E-state index is -4.65. The van der Waals surface area contributed by atoms with E-state index in [0.717, 1.165) is 11.3 Å². The van der Waals surface area contributed by atoms with Gasteiger partial charge < -0.3 is 9.84 Å². The summed E-state index contributed by atoms with van der Waals surface area (Å²) < 4.78 is 41.4. The van der Waals surface area contributed by atoms with Crippen molar-refractivity contribution >= 4 is 17.2 Å². The number of hydrogen-bond acceptors (Lipinski definition) is 5. The largest absolute Gasteiger partial charge is 0.471 e. The molecule has 0 saturated heterocycles. The Hall–Kier alpha value is -1.90. The quantitative estimate of drug-likeness (QED) is 0.935. The van der Waals surface area contributed by atoms with Gasteiger partial charge in [-0.3, -0.25) is 4.79 Å². The topological polar surface area (TPSA) is 68.0 Å². The lowest BCUT2D eigenvalue weighted by molar-refractivity contribution is -0.159. The number of nitrogens with zero attached hydrogens (tertiary/aromatic N) is 2. The Morgan fingerprint density at radius 3 is 2.82 bits per heavy atom. The first-order chi connectivity index (χ1) is 10.3. The molecule has 3 rings (SSSR count). The minimum absolute atomic E-state index is 0.0152. The van der Waals surface area contributed by atoms with Gasteiger partial charge in [0, 0.05) is 10.8 Å². The van der Waals surface area contributed by atoms with Crippen molar-refractivity contribution in [3.05, 3.63) is 22.9 Å². The number of aromatic nitrogens is 2. The van der Waals surface area contributed by atoms with Crippen LogP contribution in [0.5, 0.6) is 0 Å².